The molecule has 1 atom stereocenters. The molecule has 5 nitrogen and oxygen atoms in total. The summed E-state index contributed by atoms with van der Waals surface area (Å²) >= 11 is 0. The second kappa shape index (κ2) is 7.99. The van der Waals surface area contributed by atoms with Crippen LogP contribution >= 0.6 is 0 Å². The maximum absolute atomic E-state index is 12.1. The van der Waals surface area contributed by atoms with Crippen molar-refractivity contribution < 1.29 is 14.3 Å². The second-order valence-corrected chi connectivity index (χ2v) is 6.29. The van der Waals surface area contributed by atoms with Crippen molar-refractivity contribution in [2.75, 3.05) is 0 Å². The standard InChI is InChI=1S/C18H26N2O3/c1-12-8-7-9-13(2)16(12)23-14(3)17(21)19-20-18(22)15-10-5-4-6-11-15/h7-9,14-15H,4-6,10-11H2,1-3H3,(H,19,21)(H,20,22). The summed E-state index contributed by atoms with van der Waals surface area (Å²) in [6.07, 6.45) is 4.47. The number of carbonyl (C=O) groups excluding carboxylic acids is 2. The lowest BCUT2D eigenvalue weighted by atomic mass is 9.89. The molecule has 1 aliphatic carbocycles. The number of aryl methyl sites for hydroxylation is 2. The van der Waals surface area contributed by atoms with Gasteiger partial charge in [-0.15, -0.1) is 0 Å². The van der Waals surface area contributed by atoms with E-state index in [2.05, 4.69) is 10.9 Å². The molecule has 0 spiro atoms. The summed E-state index contributed by atoms with van der Waals surface area (Å²) in [7, 11) is 0. The van der Waals surface area contributed by atoms with Crippen molar-refractivity contribution in [3.8, 4) is 5.75 Å². The minimum atomic E-state index is -0.679. The van der Waals surface area contributed by atoms with Crippen LogP contribution in [0.2, 0.25) is 0 Å². The van der Waals surface area contributed by atoms with Gasteiger partial charge >= 0.3 is 0 Å². The quantitative estimate of drug-likeness (QED) is 0.839. The average Bonchev–Trinajstić information content (AvgIpc) is 2.56. The Morgan fingerprint density at radius 1 is 1.09 bits per heavy atom. The van der Waals surface area contributed by atoms with E-state index >= 15 is 0 Å². The van der Waals surface area contributed by atoms with Crippen LogP contribution in [0.3, 0.4) is 0 Å². The van der Waals surface area contributed by atoms with Gasteiger partial charge in [-0.25, -0.2) is 0 Å². The van der Waals surface area contributed by atoms with Gasteiger partial charge in [-0.05, 0) is 44.7 Å². The van der Waals surface area contributed by atoms with Crippen LogP contribution in [0.4, 0.5) is 0 Å². The van der Waals surface area contributed by atoms with Crippen molar-refractivity contribution in [3.05, 3.63) is 29.3 Å². The molecule has 23 heavy (non-hydrogen) atoms. The van der Waals surface area contributed by atoms with Crippen LogP contribution in [0.15, 0.2) is 18.2 Å². The van der Waals surface area contributed by atoms with E-state index in [1.165, 1.54) is 6.42 Å². The monoisotopic (exact) mass is 318 g/mol. The molecule has 1 fully saturated rings. The number of hydrogen-bond acceptors (Lipinski definition) is 3. The molecular weight excluding hydrogens is 292 g/mol. The summed E-state index contributed by atoms with van der Waals surface area (Å²) < 4.78 is 5.75. The summed E-state index contributed by atoms with van der Waals surface area (Å²) in [5.41, 5.74) is 6.97. The minimum Gasteiger partial charge on any atom is -0.480 e. The summed E-state index contributed by atoms with van der Waals surface area (Å²) in [5, 5.41) is 0. The molecule has 0 aliphatic heterocycles. The highest BCUT2D eigenvalue weighted by Crippen LogP contribution is 2.24. The summed E-state index contributed by atoms with van der Waals surface area (Å²) in [5.74, 6) is 0.279. The number of para-hydroxylation sites is 1. The molecule has 0 radical (unpaired) electrons. The fourth-order valence-corrected chi connectivity index (χ4v) is 2.91. The lowest BCUT2D eigenvalue weighted by Gasteiger charge is -2.22. The van der Waals surface area contributed by atoms with E-state index in [9.17, 15) is 9.59 Å². The molecule has 0 aromatic heterocycles. The second-order valence-electron chi connectivity index (χ2n) is 6.29. The normalized spacial score (nSPS) is 16.5. The molecule has 0 saturated heterocycles. The molecule has 1 aromatic rings. The lowest BCUT2D eigenvalue weighted by Crippen LogP contribution is -2.49. The van der Waals surface area contributed by atoms with Crippen molar-refractivity contribution >= 4 is 11.8 Å². The molecule has 5 heteroatoms. The first-order chi connectivity index (χ1) is 11.0. The van der Waals surface area contributed by atoms with Crippen LogP contribution in [0.1, 0.15) is 50.2 Å². The molecule has 0 heterocycles. The van der Waals surface area contributed by atoms with Crippen LogP contribution in [0.5, 0.6) is 5.75 Å². The first-order valence-electron chi connectivity index (χ1n) is 8.31. The van der Waals surface area contributed by atoms with Crippen LogP contribution in [-0.2, 0) is 9.59 Å². The topological polar surface area (TPSA) is 67.4 Å². The predicted molar refractivity (Wildman–Crippen MR) is 88.9 cm³/mol. The first kappa shape index (κ1) is 17.3. The van der Waals surface area contributed by atoms with E-state index in [4.69, 9.17) is 4.74 Å². The van der Waals surface area contributed by atoms with Crippen molar-refractivity contribution in [2.45, 2.75) is 59.0 Å². The summed E-state index contributed by atoms with van der Waals surface area (Å²) in [4.78, 5) is 24.1. The van der Waals surface area contributed by atoms with Gasteiger partial charge in [0.15, 0.2) is 6.10 Å². The number of hydrogen-bond donors (Lipinski definition) is 2. The van der Waals surface area contributed by atoms with E-state index in [-0.39, 0.29) is 17.7 Å². The SMILES string of the molecule is Cc1cccc(C)c1OC(C)C(=O)NNC(=O)C1CCCCC1. The molecule has 1 saturated carbocycles. The largest absolute Gasteiger partial charge is 0.480 e. The van der Waals surface area contributed by atoms with Gasteiger partial charge in [0.2, 0.25) is 5.91 Å². The Kier molecular flexibility index (Phi) is 6.02. The number of ether oxygens (including phenoxy) is 1. The Bertz CT molecular complexity index is 545. The molecule has 2 amide bonds. The Morgan fingerprint density at radius 3 is 2.30 bits per heavy atom. The Balaban J connectivity index is 1.84. The highest BCUT2D eigenvalue weighted by Gasteiger charge is 2.23. The fraction of sp³-hybridized carbons (Fsp3) is 0.556. The molecule has 1 aliphatic rings. The fourth-order valence-electron chi connectivity index (χ4n) is 2.91. The van der Waals surface area contributed by atoms with E-state index in [0.717, 1.165) is 36.8 Å². The van der Waals surface area contributed by atoms with Gasteiger partial charge in [-0.2, -0.15) is 0 Å². The number of rotatable bonds is 4. The lowest BCUT2D eigenvalue weighted by molar-refractivity contribution is -0.134. The predicted octanol–water partition coefficient (Wildman–Crippen LogP) is 2.80. The van der Waals surface area contributed by atoms with Crippen molar-refractivity contribution in [2.24, 2.45) is 5.92 Å². The van der Waals surface area contributed by atoms with E-state index in [0.29, 0.717) is 5.75 Å². The third-order valence-electron chi connectivity index (χ3n) is 4.36. The first-order valence-corrected chi connectivity index (χ1v) is 8.31. The summed E-state index contributed by atoms with van der Waals surface area (Å²) in [6.45, 7) is 5.56. The Hall–Kier alpha value is -2.04. The van der Waals surface area contributed by atoms with Crippen molar-refractivity contribution in [3.63, 3.8) is 0 Å². The third kappa shape index (κ3) is 4.71. The van der Waals surface area contributed by atoms with Crippen LogP contribution in [0, 0.1) is 19.8 Å². The highest BCUT2D eigenvalue weighted by molar-refractivity contribution is 5.85. The third-order valence-corrected chi connectivity index (χ3v) is 4.36. The molecule has 0 bridgehead atoms. The van der Waals surface area contributed by atoms with Crippen molar-refractivity contribution in [1.29, 1.82) is 0 Å². The van der Waals surface area contributed by atoms with Crippen molar-refractivity contribution in [1.82, 2.24) is 10.9 Å². The van der Waals surface area contributed by atoms with Gasteiger partial charge in [0.1, 0.15) is 5.75 Å². The van der Waals surface area contributed by atoms with E-state index in [1.807, 2.05) is 32.0 Å². The Labute approximate surface area is 137 Å². The molecule has 1 aromatic carbocycles. The molecule has 1 unspecified atom stereocenters. The summed E-state index contributed by atoms with van der Waals surface area (Å²) in [6, 6.07) is 5.84. The molecular formula is C18H26N2O3. The van der Waals surface area contributed by atoms with Gasteiger partial charge in [-0.3, -0.25) is 20.4 Å². The van der Waals surface area contributed by atoms with Gasteiger partial charge in [0.05, 0.1) is 0 Å². The zero-order valence-electron chi connectivity index (χ0n) is 14.1. The highest BCUT2D eigenvalue weighted by atomic mass is 16.5. The average molecular weight is 318 g/mol. The maximum atomic E-state index is 12.1. The number of hydrazine groups is 1. The number of carbonyl (C=O) groups is 2. The number of nitrogens with one attached hydrogen (secondary N) is 2. The van der Waals surface area contributed by atoms with Gasteiger partial charge in [0, 0.05) is 5.92 Å². The Morgan fingerprint density at radius 2 is 1.70 bits per heavy atom. The van der Waals surface area contributed by atoms with Gasteiger partial charge < -0.3 is 4.74 Å². The number of amides is 2. The van der Waals surface area contributed by atoms with E-state index < -0.39 is 6.10 Å². The smallest absolute Gasteiger partial charge is 0.279 e. The maximum Gasteiger partial charge on any atom is 0.279 e. The zero-order chi connectivity index (χ0) is 16.8. The number of benzene rings is 1. The van der Waals surface area contributed by atoms with Crippen LogP contribution in [-0.4, -0.2) is 17.9 Å². The molecule has 2 rings (SSSR count). The molecule has 126 valence electrons. The van der Waals surface area contributed by atoms with E-state index in [1.54, 1.807) is 6.92 Å². The van der Waals surface area contributed by atoms with Gasteiger partial charge in [-0.1, -0.05) is 37.5 Å². The minimum absolute atomic E-state index is 0.0129. The van der Waals surface area contributed by atoms with Crippen LogP contribution in [0.25, 0.3) is 0 Å². The zero-order valence-corrected chi connectivity index (χ0v) is 14.1. The van der Waals surface area contributed by atoms with Gasteiger partial charge in [0.25, 0.3) is 5.91 Å². The van der Waals surface area contributed by atoms with Crippen LogP contribution < -0.4 is 15.6 Å². The molecule has 2 N–H and O–H groups in total.